The number of rotatable bonds is 6. The van der Waals surface area contributed by atoms with Gasteiger partial charge in [-0.15, -0.1) is 12.4 Å². The van der Waals surface area contributed by atoms with E-state index in [9.17, 15) is 9.59 Å². The molecule has 1 heterocycles. The summed E-state index contributed by atoms with van der Waals surface area (Å²) in [7, 11) is 0. The third-order valence-electron chi connectivity index (χ3n) is 4.73. The molecule has 3 rings (SSSR count). The van der Waals surface area contributed by atoms with Crippen LogP contribution in [0.5, 0.6) is 5.75 Å². The van der Waals surface area contributed by atoms with Crippen LogP contribution in [0.15, 0.2) is 24.3 Å². The fourth-order valence-corrected chi connectivity index (χ4v) is 3.14. The minimum absolute atomic E-state index is 0. The van der Waals surface area contributed by atoms with E-state index in [1.807, 2.05) is 24.0 Å². The molecule has 1 saturated carbocycles. The SMILES string of the molecule is CC1CC(CN)CN1C(=O)COc1cccc(NC(=O)C2CC2)c1.Cl. The number of nitrogens with one attached hydrogen (secondary N) is 1. The van der Waals surface area contributed by atoms with Crippen molar-refractivity contribution >= 4 is 29.9 Å². The first-order valence-electron chi connectivity index (χ1n) is 8.60. The number of benzene rings is 1. The molecule has 2 atom stereocenters. The van der Waals surface area contributed by atoms with Crippen LogP contribution in [0.1, 0.15) is 26.2 Å². The van der Waals surface area contributed by atoms with Crippen LogP contribution in [0.2, 0.25) is 0 Å². The Labute approximate surface area is 154 Å². The monoisotopic (exact) mass is 367 g/mol. The maximum Gasteiger partial charge on any atom is 0.260 e. The van der Waals surface area contributed by atoms with Crippen molar-refractivity contribution in [3.63, 3.8) is 0 Å². The first-order valence-corrected chi connectivity index (χ1v) is 8.60. The van der Waals surface area contributed by atoms with Crippen molar-refractivity contribution in [2.45, 2.75) is 32.2 Å². The standard InChI is InChI=1S/C18H25N3O3.ClH/c1-12-7-13(9-19)10-21(12)17(22)11-24-16-4-2-3-15(8-16)20-18(23)14-5-6-14;/h2-4,8,12-14H,5-7,9-11,19H2,1H3,(H,20,23);1H. The van der Waals surface area contributed by atoms with Gasteiger partial charge in [-0.3, -0.25) is 9.59 Å². The van der Waals surface area contributed by atoms with Crippen LogP contribution in [0.4, 0.5) is 5.69 Å². The second kappa shape index (κ2) is 8.54. The van der Waals surface area contributed by atoms with Gasteiger partial charge in [0.15, 0.2) is 6.61 Å². The Morgan fingerprint density at radius 2 is 2.12 bits per heavy atom. The molecule has 1 saturated heterocycles. The second-order valence-corrected chi connectivity index (χ2v) is 6.81. The van der Waals surface area contributed by atoms with Crippen molar-refractivity contribution in [3.05, 3.63) is 24.3 Å². The Kier molecular flexibility index (Phi) is 6.67. The summed E-state index contributed by atoms with van der Waals surface area (Å²) < 4.78 is 5.62. The van der Waals surface area contributed by atoms with Gasteiger partial charge in [-0.2, -0.15) is 0 Å². The van der Waals surface area contributed by atoms with E-state index >= 15 is 0 Å². The molecule has 2 aliphatic rings. The van der Waals surface area contributed by atoms with Gasteiger partial charge in [0.05, 0.1) is 0 Å². The van der Waals surface area contributed by atoms with E-state index in [4.69, 9.17) is 10.5 Å². The molecule has 138 valence electrons. The number of ether oxygens (including phenoxy) is 1. The molecule has 1 aliphatic heterocycles. The van der Waals surface area contributed by atoms with Crippen LogP contribution in [0, 0.1) is 11.8 Å². The summed E-state index contributed by atoms with van der Waals surface area (Å²) in [5, 5.41) is 2.88. The number of hydrogen-bond donors (Lipinski definition) is 2. The molecule has 2 fully saturated rings. The molecule has 0 bridgehead atoms. The molecule has 2 amide bonds. The van der Waals surface area contributed by atoms with E-state index in [2.05, 4.69) is 5.32 Å². The topological polar surface area (TPSA) is 84.7 Å². The summed E-state index contributed by atoms with van der Waals surface area (Å²) in [4.78, 5) is 26.0. The number of nitrogens with zero attached hydrogens (tertiary/aromatic N) is 1. The van der Waals surface area contributed by atoms with Gasteiger partial charge in [-0.1, -0.05) is 6.07 Å². The van der Waals surface area contributed by atoms with Gasteiger partial charge >= 0.3 is 0 Å². The first kappa shape index (κ1) is 19.5. The Morgan fingerprint density at radius 3 is 2.76 bits per heavy atom. The third kappa shape index (κ3) is 5.09. The lowest BCUT2D eigenvalue weighted by atomic mass is 10.1. The minimum atomic E-state index is -0.0223. The minimum Gasteiger partial charge on any atom is -0.484 e. The van der Waals surface area contributed by atoms with Gasteiger partial charge in [0.1, 0.15) is 5.75 Å². The molecule has 1 aliphatic carbocycles. The van der Waals surface area contributed by atoms with E-state index in [-0.39, 0.29) is 42.8 Å². The van der Waals surface area contributed by atoms with Crippen molar-refractivity contribution < 1.29 is 14.3 Å². The summed E-state index contributed by atoms with van der Waals surface area (Å²) in [5.74, 6) is 1.15. The van der Waals surface area contributed by atoms with Gasteiger partial charge in [0.2, 0.25) is 5.91 Å². The van der Waals surface area contributed by atoms with E-state index < -0.39 is 0 Å². The van der Waals surface area contributed by atoms with E-state index in [0.717, 1.165) is 19.3 Å². The number of halogens is 1. The fourth-order valence-electron chi connectivity index (χ4n) is 3.14. The van der Waals surface area contributed by atoms with Crippen molar-refractivity contribution in [1.29, 1.82) is 0 Å². The quantitative estimate of drug-likeness (QED) is 0.805. The molecule has 25 heavy (non-hydrogen) atoms. The molecule has 6 nitrogen and oxygen atoms in total. The number of nitrogens with two attached hydrogens (primary N) is 1. The summed E-state index contributed by atoms with van der Waals surface area (Å²) in [6.07, 6.45) is 2.88. The fraction of sp³-hybridized carbons (Fsp3) is 0.556. The normalized spacial score (nSPS) is 22.2. The van der Waals surface area contributed by atoms with Crippen molar-refractivity contribution in [3.8, 4) is 5.75 Å². The second-order valence-electron chi connectivity index (χ2n) is 6.81. The maximum atomic E-state index is 12.3. The van der Waals surface area contributed by atoms with Gasteiger partial charge < -0.3 is 20.7 Å². The van der Waals surface area contributed by atoms with Gasteiger partial charge in [0.25, 0.3) is 5.91 Å². The Bertz CT molecular complexity index is 621. The lowest BCUT2D eigenvalue weighted by molar-refractivity contribution is -0.134. The third-order valence-corrected chi connectivity index (χ3v) is 4.73. The zero-order chi connectivity index (χ0) is 17.1. The average molecular weight is 368 g/mol. The summed E-state index contributed by atoms with van der Waals surface area (Å²) in [6.45, 7) is 3.36. The number of carbonyl (C=O) groups is 2. The molecular weight excluding hydrogens is 342 g/mol. The van der Waals surface area contributed by atoms with E-state index in [0.29, 0.717) is 30.4 Å². The van der Waals surface area contributed by atoms with Gasteiger partial charge in [0, 0.05) is 30.3 Å². The van der Waals surface area contributed by atoms with Crippen molar-refractivity contribution in [1.82, 2.24) is 4.90 Å². The van der Waals surface area contributed by atoms with Crippen LogP contribution in [0.25, 0.3) is 0 Å². The highest BCUT2D eigenvalue weighted by Crippen LogP contribution is 2.30. The average Bonchev–Trinajstić information content (AvgIpc) is 3.36. The summed E-state index contributed by atoms with van der Waals surface area (Å²) >= 11 is 0. The number of carbonyl (C=O) groups excluding carboxylic acids is 2. The van der Waals surface area contributed by atoms with E-state index in [1.54, 1.807) is 12.1 Å². The Morgan fingerprint density at radius 1 is 1.36 bits per heavy atom. The summed E-state index contributed by atoms with van der Waals surface area (Å²) in [6, 6.07) is 7.38. The van der Waals surface area contributed by atoms with Crippen LogP contribution in [-0.2, 0) is 9.59 Å². The highest BCUT2D eigenvalue weighted by atomic mass is 35.5. The van der Waals surface area contributed by atoms with Gasteiger partial charge in [-0.25, -0.2) is 0 Å². The van der Waals surface area contributed by atoms with Crippen LogP contribution in [0.3, 0.4) is 0 Å². The first-order chi connectivity index (χ1) is 11.6. The molecule has 1 aromatic rings. The predicted octanol–water partition coefficient (Wildman–Crippen LogP) is 2.03. The molecule has 2 unspecified atom stereocenters. The lowest BCUT2D eigenvalue weighted by Gasteiger charge is -2.21. The lowest BCUT2D eigenvalue weighted by Crippen LogP contribution is -2.37. The maximum absolute atomic E-state index is 12.3. The van der Waals surface area contributed by atoms with Crippen LogP contribution in [-0.4, -0.2) is 42.5 Å². The molecule has 1 aromatic carbocycles. The molecule has 0 aromatic heterocycles. The predicted molar refractivity (Wildman–Crippen MR) is 98.9 cm³/mol. The molecule has 3 N–H and O–H groups in total. The van der Waals surface area contributed by atoms with E-state index in [1.165, 1.54) is 0 Å². The zero-order valence-corrected chi connectivity index (χ0v) is 15.3. The van der Waals surface area contributed by atoms with Crippen LogP contribution >= 0.6 is 12.4 Å². The largest absolute Gasteiger partial charge is 0.484 e. The Hall–Kier alpha value is -1.79. The molecule has 7 heteroatoms. The Balaban J connectivity index is 0.00000225. The highest BCUT2D eigenvalue weighted by Gasteiger charge is 2.32. The molecular formula is C18H26ClN3O3. The number of anilines is 1. The number of likely N-dealkylation sites (tertiary alicyclic amines) is 1. The number of amides is 2. The smallest absolute Gasteiger partial charge is 0.260 e. The van der Waals surface area contributed by atoms with Crippen molar-refractivity contribution in [2.24, 2.45) is 17.6 Å². The van der Waals surface area contributed by atoms with Crippen molar-refractivity contribution in [2.75, 3.05) is 25.0 Å². The summed E-state index contributed by atoms with van der Waals surface area (Å²) in [5.41, 5.74) is 6.41. The van der Waals surface area contributed by atoms with Crippen LogP contribution < -0.4 is 15.8 Å². The molecule has 0 spiro atoms. The molecule has 0 radical (unpaired) electrons. The zero-order valence-electron chi connectivity index (χ0n) is 14.4. The number of hydrogen-bond acceptors (Lipinski definition) is 4. The van der Waals surface area contributed by atoms with Gasteiger partial charge in [-0.05, 0) is 50.8 Å². The highest BCUT2D eigenvalue weighted by molar-refractivity contribution is 5.94.